The summed E-state index contributed by atoms with van der Waals surface area (Å²) >= 11 is 0. The molecule has 0 fully saturated rings. The third-order valence-corrected chi connectivity index (χ3v) is 2.39. The van der Waals surface area contributed by atoms with Gasteiger partial charge in [0.1, 0.15) is 5.82 Å². The molecule has 0 heterocycles. The van der Waals surface area contributed by atoms with Gasteiger partial charge in [-0.05, 0) is 18.1 Å². The average Bonchev–Trinajstić information content (AvgIpc) is 2.32. The minimum absolute atomic E-state index is 0.0445. The zero-order chi connectivity index (χ0) is 16.0. The van der Waals surface area contributed by atoms with Gasteiger partial charge in [-0.3, -0.25) is 14.4 Å². The first kappa shape index (κ1) is 16.6. The summed E-state index contributed by atoms with van der Waals surface area (Å²) in [6.45, 7) is 3.92. The highest BCUT2D eigenvalue weighted by Gasteiger charge is 2.15. The molecule has 7 heteroatoms. The molecule has 1 amide bonds. The van der Waals surface area contributed by atoms with Crippen LogP contribution in [-0.4, -0.2) is 24.4 Å². The second-order valence-electron chi connectivity index (χ2n) is 4.31. The van der Waals surface area contributed by atoms with Gasteiger partial charge in [-0.2, -0.15) is 0 Å². The summed E-state index contributed by atoms with van der Waals surface area (Å²) in [6, 6.07) is 2.25. The van der Waals surface area contributed by atoms with Crippen LogP contribution in [0.2, 0.25) is 0 Å². The predicted octanol–water partition coefficient (Wildman–Crippen LogP) is 1.35. The minimum atomic E-state index is -0.659. The number of carbonyl (C=O) groups excluding carboxylic acids is 3. The predicted molar refractivity (Wildman–Crippen MR) is 71.4 cm³/mol. The Morgan fingerprint density at radius 1 is 1.05 bits per heavy atom. The Labute approximate surface area is 121 Å². The lowest BCUT2D eigenvalue weighted by Crippen LogP contribution is -2.22. The highest BCUT2D eigenvalue weighted by Crippen LogP contribution is 2.31. The van der Waals surface area contributed by atoms with E-state index in [1.807, 2.05) is 0 Å². The van der Waals surface area contributed by atoms with Crippen molar-refractivity contribution in [3.63, 3.8) is 0 Å². The molecule has 0 radical (unpaired) electrons. The summed E-state index contributed by atoms with van der Waals surface area (Å²) < 4.78 is 23.6. The van der Waals surface area contributed by atoms with Crippen molar-refractivity contribution in [1.82, 2.24) is 5.32 Å². The van der Waals surface area contributed by atoms with E-state index in [4.69, 9.17) is 9.47 Å². The zero-order valence-electron chi connectivity index (χ0n) is 12.0. The number of hydrogen-bond donors (Lipinski definition) is 1. The second-order valence-corrected chi connectivity index (χ2v) is 4.31. The first-order valence-corrected chi connectivity index (χ1v) is 6.23. The molecule has 0 aromatic heterocycles. The molecule has 0 unspecified atom stereocenters. The quantitative estimate of drug-likeness (QED) is 0.655. The lowest BCUT2D eigenvalue weighted by atomic mass is 10.1. The van der Waals surface area contributed by atoms with Crippen LogP contribution in [0.4, 0.5) is 4.39 Å². The topological polar surface area (TPSA) is 81.7 Å². The van der Waals surface area contributed by atoms with E-state index in [1.165, 1.54) is 19.9 Å². The SMILES string of the molecule is CC(=O)NCCc1cc(OC(C)=O)c(OC(C)=O)cc1F. The van der Waals surface area contributed by atoms with Crippen LogP contribution in [-0.2, 0) is 20.8 Å². The average molecular weight is 297 g/mol. The van der Waals surface area contributed by atoms with Gasteiger partial charge in [0.05, 0.1) is 0 Å². The van der Waals surface area contributed by atoms with Crippen molar-refractivity contribution in [3.05, 3.63) is 23.5 Å². The van der Waals surface area contributed by atoms with Crippen LogP contribution in [0.15, 0.2) is 12.1 Å². The van der Waals surface area contributed by atoms with E-state index in [2.05, 4.69) is 5.32 Å². The summed E-state index contributed by atoms with van der Waals surface area (Å²) in [6.07, 6.45) is 0.208. The maximum Gasteiger partial charge on any atom is 0.308 e. The van der Waals surface area contributed by atoms with Gasteiger partial charge in [-0.25, -0.2) is 4.39 Å². The second kappa shape index (κ2) is 7.37. The number of ether oxygens (including phenoxy) is 2. The molecule has 0 aliphatic rings. The van der Waals surface area contributed by atoms with Gasteiger partial charge in [0.2, 0.25) is 5.91 Å². The van der Waals surface area contributed by atoms with E-state index in [-0.39, 0.29) is 35.9 Å². The Morgan fingerprint density at radius 3 is 2.05 bits per heavy atom. The van der Waals surface area contributed by atoms with Gasteiger partial charge in [-0.1, -0.05) is 0 Å². The molecule has 6 nitrogen and oxygen atoms in total. The molecule has 0 aliphatic carbocycles. The number of amides is 1. The van der Waals surface area contributed by atoms with Crippen LogP contribution >= 0.6 is 0 Å². The number of nitrogens with one attached hydrogen (secondary N) is 1. The molecule has 21 heavy (non-hydrogen) atoms. The molecule has 1 aromatic rings. The van der Waals surface area contributed by atoms with E-state index in [9.17, 15) is 18.8 Å². The Kier molecular flexibility index (Phi) is 5.83. The number of benzene rings is 1. The van der Waals surface area contributed by atoms with Gasteiger partial charge >= 0.3 is 11.9 Å². The summed E-state index contributed by atoms with van der Waals surface area (Å²) in [4.78, 5) is 32.8. The fourth-order valence-electron chi connectivity index (χ4n) is 1.61. The van der Waals surface area contributed by atoms with Gasteiger partial charge in [-0.15, -0.1) is 0 Å². The van der Waals surface area contributed by atoms with E-state index >= 15 is 0 Å². The van der Waals surface area contributed by atoms with E-state index in [1.54, 1.807) is 0 Å². The highest BCUT2D eigenvalue weighted by atomic mass is 19.1. The Hall–Kier alpha value is -2.44. The third-order valence-electron chi connectivity index (χ3n) is 2.39. The molecule has 0 spiro atoms. The number of esters is 2. The van der Waals surface area contributed by atoms with Crippen LogP contribution in [0, 0.1) is 5.82 Å². The first-order valence-electron chi connectivity index (χ1n) is 6.23. The molecule has 1 aromatic carbocycles. The first-order chi connectivity index (χ1) is 9.79. The number of carbonyl (C=O) groups is 3. The molecule has 1 rings (SSSR count). The van der Waals surface area contributed by atoms with Crippen molar-refractivity contribution < 1.29 is 28.2 Å². The van der Waals surface area contributed by atoms with Crippen molar-refractivity contribution in [2.75, 3.05) is 6.54 Å². The minimum Gasteiger partial charge on any atom is -0.423 e. The number of halogens is 1. The van der Waals surface area contributed by atoms with Crippen molar-refractivity contribution in [2.45, 2.75) is 27.2 Å². The molecular formula is C14H16FNO5. The molecule has 1 N–H and O–H groups in total. The molecule has 0 bridgehead atoms. The maximum absolute atomic E-state index is 13.9. The van der Waals surface area contributed by atoms with Crippen molar-refractivity contribution in [2.24, 2.45) is 0 Å². The van der Waals surface area contributed by atoms with Gasteiger partial charge in [0.25, 0.3) is 0 Å². The van der Waals surface area contributed by atoms with Crippen LogP contribution in [0.25, 0.3) is 0 Å². The highest BCUT2D eigenvalue weighted by molar-refractivity contribution is 5.74. The van der Waals surface area contributed by atoms with Crippen LogP contribution in [0.1, 0.15) is 26.3 Å². The maximum atomic E-state index is 13.9. The number of hydrogen-bond acceptors (Lipinski definition) is 5. The van der Waals surface area contributed by atoms with Crippen LogP contribution in [0.3, 0.4) is 0 Å². The standard InChI is InChI=1S/C14H16FNO5/c1-8(17)16-5-4-11-6-13(20-9(2)18)14(7-12(11)15)21-10(3)19/h6-7H,4-5H2,1-3H3,(H,16,17). The van der Waals surface area contributed by atoms with Crippen LogP contribution < -0.4 is 14.8 Å². The molecule has 0 saturated carbocycles. The number of rotatable bonds is 5. The Bertz CT molecular complexity index is 571. The summed E-state index contributed by atoms with van der Waals surface area (Å²) in [7, 11) is 0. The lowest BCUT2D eigenvalue weighted by Gasteiger charge is -2.12. The summed E-state index contributed by atoms with van der Waals surface area (Å²) in [5.74, 6) is -2.34. The van der Waals surface area contributed by atoms with E-state index in [0.29, 0.717) is 0 Å². The van der Waals surface area contributed by atoms with Gasteiger partial charge in [0.15, 0.2) is 11.5 Å². The molecular weight excluding hydrogens is 281 g/mol. The smallest absolute Gasteiger partial charge is 0.308 e. The fourth-order valence-corrected chi connectivity index (χ4v) is 1.61. The van der Waals surface area contributed by atoms with Crippen molar-refractivity contribution in [3.8, 4) is 11.5 Å². The molecule has 0 aliphatic heterocycles. The van der Waals surface area contributed by atoms with Crippen LogP contribution in [0.5, 0.6) is 11.5 Å². The third kappa shape index (κ3) is 5.60. The van der Waals surface area contributed by atoms with Crippen molar-refractivity contribution in [1.29, 1.82) is 0 Å². The largest absolute Gasteiger partial charge is 0.423 e. The Balaban J connectivity index is 3.02. The monoisotopic (exact) mass is 297 g/mol. The van der Waals surface area contributed by atoms with Gasteiger partial charge < -0.3 is 14.8 Å². The van der Waals surface area contributed by atoms with E-state index in [0.717, 1.165) is 13.0 Å². The molecule has 0 atom stereocenters. The summed E-state index contributed by atoms with van der Waals surface area (Å²) in [5, 5.41) is 2.53. The van der Waals surface area contributed by atoms with Crippen molar-refractivity contribution >= 4 is 17.8 Å². The fraction of sp³-hybridized carbons (Fsp3) is 0.357. The van der Waals surface area contributed by atoms with E-state index < -0.39 is 17.8 Å². The zero-order valence-corrected chi connectivity index (χ0v) is 12.0. The van der Waals surface area contributed by atoms with Gasteiger partial charge in [0, 0.05) is 33.4 Å². The molecule has 114 valence electrons. The Morgan fingerprint density at radius 2 is 1.57 bits per heavy atom. The normalized spacial score (nSPS) is 9.90. The lowest BCUT2D eigenvalue weighted by molar-refractivity contribution is -0.134. The molecule has 0 saturated heterocycles. The summed E-state index contributed by atoms with van der Waals surface area (Å²) in [5.41, 5.74) is 0.232.